The van der Waals surface area contributed by atoms with Crippen LogP contribution in [0, 0.1) is 0 Å². The van der Waals surface area contributed by atoms with Gasteiger partial charge in [-0.3, -0.25) is 0 Å². The minimum Gasteiger partial charge on any atom is -0.459 e. The van der Waals surface area contributed by atoms with Crippen molar-refractivity contribution in [3.8, 4) is 0 Å². The molecule has 0 saturated heterocycles. The van der Waals surface area contributed by atoms with Crippen LogP contribution in [0.4, 0.5) is 0 Å². The Labute approximate surface area is 95.2 Å². The van der Waals surface area contributed by atoms with Crippen LogP contribution in [-0.4, -0.2) is 12.1 Å². The van der Waals surface area contributed by atoms with Crippen molar-refractivity contribution in [3.05, 3.63) is 34.9 Å². The molecule has 0 aromatic heterocycles. The van der Waals surface area contributed by atoms with E-state index in [4.69, 9.17) is 16.3 Å². The summed E-state index contributed by atoms with van der Waals surface area (Å²) in [5.41, 5.74) is 0.505. The summed E-state index contributed by atoms with van der Waals surface area (Å²) in [4.78, 5) is 11.6. The topological polar surface area (TPSA) is 26.3 Å². The van der Waals surface area contributed by atoms with Crippen LogP contribution in [-0.2, 0) is 4.74 Å². The van der Waals surface area contributed by atoms with Crippen molar-refractivity contribution < 1.29 is 9.53 Å². The highest BCUT2D eigenvalue weighted by Gasteiger charge is 2.11. The number of rotatable bonds is 4. The van der Waals surface area contributed by atoms with Gasteiger partial charge in [-0.15, -0.1) is 0 Å². The molecule has 0 aliphatic carbocycles. The second kappa shape index (κ2) is 5.76. The van der Waals surface area contributed by atoms with E-state index < -0.39 is 0 Å². The number of carbonyl (C=O) groups is 1. The largest absolute Gasteiger partial charge is 0.459 e. The van der Waals surface area contributed by atoms with Crippen LogP contribution in [0.5, 0.6) is 0 Å². The van der Waals surface area contributed by atoms with E-state index in [0.717, 1.165) is 12.8 Å². The average Bonchev–Trinajstić information content (AvgIpc) is 2.18. The summed E-state index contributed by atoms with van der Waals surface area (Å²) < 4.78 is 5.23. The molecule has 1 rings (SSSR count). The van der Waals surface area contributed by atoms with E-state index in [9.17, 15) is 4.79 Å². The van der Waals surface area contributed by atoms with Gasteiger partial charge in [-0.25, -0.2) is 4.79 Å². The molecule has 0 aliphatic heterocycles. The number of hydrogen-bond donors (Lipinski definition) is 0. The summed E-state index contributed by atoms with van der Waals surface area (Å²) in [6.45, 7) is 3.95. The molecule has 0 heterocycles. The number of carbonyl (C=O) groups excluding carboxylic acids is 1. The molecule has 1 aromatic rings. The van der Waals surface area contributed by atoms with E-state index >= 15 is 0 Å². The zero-order chi connectivity index (χ0) is 11.3. The zero-order valence-electron chi connectivity index (χ0n) is 9.00. The number of benzene rings is 1. The summed E-state index contributed by atoms with van der Waals surface area (Å²) in [5, 5.41) is 0.549. The van der Waals surface area contributed by atoms with Crippen molar-refractivity contribution in [2.75, 3.05) is 0 Å². The van der Waals surface area contributed by atoms with E-state index in [0.29, 0.717) is 10.6 Å². The van der Waals surface area contributed by atoms with Crippen LogP contribution >= 0.6 is 11.6 Å². The lowest BCUT2D eigenvalue weighted by Gasteiger charge is -2.11. The lowest BCUT2D eigenvalue weighted by Crippen LogP contribution is -2.14. The Morgan fingerprint density at radius 1 is 1.53 bits per heavy atom. The molecule has 82 valence electrons. The zero-order valence-corrected chi connectivity index (χ0v) is 9.75. The molecule has 0 spiro atoms. The molecule has 15 heavy (non-hydrogen) atoms. The van der Waals surface area contributed by atoms with Crippen molar-refractivity contribution in [1.82, 2.24) is 0 Å². The van der Waals surface area contributed by atoms with Gasteiger partial charge in [-0.2, -0.15) is 0 Å². The second-order valence-electron chi connectivity index (χ2n) is 3.51. The van der Waals surface area contributed by atoms with Crippen LogP contribution in [0.15, 0.2) is 24.3 Å². The van der Waals surface area contributed by atoms with Crippen LogP contribution < -0.4 is 0 Å². The van der Waals surface area contributed by atoms with Crippen LogP contribution in [0.2, 0.25) is 5.02 Å². The van der Waals surface area contributed by atoms with Gasteiger partial charge < -0.3 is 4.74 Å². The van der Waals surface area contributed by atoms with Crippen LogP contribution in [0.3, 0.4) is 0 Å². The van der Waals surface area contributed by atoms with Crippen molar-refractivity contribution >= 4 is 17.6 Å². The molecule has 0 aliphatic rings. The first-order valence-electron chi connectivity index (χ1n) is 5.10. The average molecular weight is 227 g/mol. The molecule has 2 nitrogen and oxygen atoms in total. The van der Waals surface area contributed by atoms with Gasteiger partial charge in [0.15, 0.2) is 0 Å². The fraction of sp³-hybridized carbons (Fsp3) is 0.417. The fourth-order valence-electron chi connectivity index (χ4n) is 1.33. The number of ether oxygens (including phenoxy) is 1. The van der Waals surface area contributed by atoms with E-state index in [1.54, 1.807) is 24.3 Å². The Morgan fingerprint density at radius 3 is 2.87 bits per heavy atom. The van der Waals surface area contributed by atoms with Gasteiger partial charge in [0.25, 0.3) is 0 Å². The molecule has 0 radical (unpaired) electrons. The molecule has 1 unspecified atom stereocenters. The van der Waals surface area contributed by atoms with Gasteiger partial charge in [0.1, 0.15) is 0 Å². The first-order chi connectivity index (χ1) is 7.13. The highest BCUT2D eigenvalue weighted by Crippen LogP contribution is 2.13. The Morgan fingerprint density at radius 2 is 2.27 bits per heavy atom. The van der Waals surface area contributed by atoms with E-state index in [1.807, 2.05) is 6.92 Å². The fourth-order valence-corrected chi connectivity index (χ4v) is 1.52. The maximum atomic E-state index is 11.6. The third-order valence-electron chi connectivity index (χ3n) is 2.06. The third-order valence-corrected chi connectivity index (χ3v) is 2.30. The van der Waals surface area contributed by atoms with Gasteiger partial charge in [0.2, 0.25) is 0 Å². The van der Waals surface area contributed by atoms with E-state index in [-0.39, 0.29) is 12.1 Å². The smallest absolute Gasteiger partial charge is 0.338 e. The molecule has 0 amide bonds. The molecular formula is C12H15ClO2. The summed E-state index contributed by atoms with van der Waals surface area (Å²) in [7, 11) is 0. The van der Waals surface area contributed by atoms with Gasteiger partial charge in [-0.05, 0) is 31.5 Å². The quantitative estimate of drug-likeness (QED) is 0.732. The van der Waals surface area contributed by atoms with Crippen molar-refractivity contribution in [1.29, 1.82) is 0 Å². The van der Waals surface area contributed by atoms with Gasteiger partial charge in [0, 0.05) is 5.02 Å². The monoisotopic (exact) mass is 226 g/mol. The molecule has 1 atom stereocenters. The van der Waals surface area contributed by atoms with Gasteiger partial charge >= 0.3 is 5.97 Å². The first-order valence-corrected chi connectivity index (χ1v) is 5.47. The molecule has 0 saturated carbocycles. The lowest BCUT2D eigenvalue weighted by molar-refractivity contribution is 0.0323. The normalized spacial score (nSPS) is 12.2. The van der Waals surface area contributed by atoms with Gasteiger partial charge in [-0.1, -0.05) is 31.0 Å². The van der Waals surface area contributed by atoms with Crippen molar-refractivity contribution in [2.24, 2.45) is 0 Å². The lowest BCUT2D eigenvalue weighted by atomic mass is 10.2. The number of hydrogen-bond acceptors (Lipinski definition) is 2. The molecule has 0 bridgehead atoms. The minimum atomic E-state index is -0.307. The maximum Gasteiger partial charge on any atom is 0.338 e. The van der Waals surface area contributed by atoms with E-state index in [1.165, 1.54) is 0 Å². The van der Waals surface area contributed by atoms with Crippen LogP contribution in [0.1, 0.15) is 37.0 Å². The number of esters is 1. The summed E-state index contributed by atoms with van der Waals surface area (Å²) in [6.07, 6.45) is 1.84. The minimum absolute atomic E-state index is 0.0403. The summed E-state index contributed by atoms with van der Waals surface area (Å²) >= 11 is 5.78. The molecule has 3 heteroatoms. The summed E-state index contributed by atoms with van der Waals surface area (Å²) in [5.74, 6) is -0.307. The highest BCUT2D eigenvalue weighted by molar-refractivity contribution is 6.30. The summed E-state index contributed by atoms with van der Waals surface area (Å²) in [6, 6.07) is 6.78. The Bertz CT molecular complexity index is 336. The Balaban J connectivity index is 2.61. The Kier molecular flexibility index (Phi) is 4.63. The first kappa shape index (κ1) is 12.1. The SMILES string of the molecule is CCCC(C)OC(=O)c1cccc(Cl)c1. The van der Waals surface area contributed by atoms with E-state index in [2.05, 4.69) is 6.92 Å². The second-order valence-corrected chi connectivity index (χ2v) is 3.95. The predicted octanol–water partition coefficient (Wildman–Crippen LogP) is 3.69. The molecule has 0 N–H and O–H groups in total. The number of halogens is 1. The molecular weight excluding hydrogens is 212 g/mol. The standard InChI is InChI=1S/C12H15ClO2/c1-3-5-9(2)15-12(14)10-6-4-7-11(13)8-10/h4,6-9H,3,5H2,1-2H3. The maximum absolute atomic E-state index is 11.6. The Hall–Kier alpha value is -1.02. The van der Waals surface area contributed by atoms with Crippen LogP contribution in [0.25, 0.3) is 0 Å². The third kappa shape index (κ3) is 3.92. The molecule has 1 aromatic carbocycles. The van der Waals surface area contributed by atoms with Crippen molar-refractivity contribution in [2.45, 2.75) is 32.8 Å². The van der Waals surface area contributed by atoms with Gasteiger partial charge in [0.05, 0.1) is 11.7 Å². The molecule has 0 fully saturated rings. The van der Waals surface area contributed by atoms with Crippen molar-refractivity contribution in [3.63, 3.8) is 0 Å². The predicted molar refractivity (Wildman–Crippen MR) is 61.2 cm³/mol. The highest BCUT2D eigenvalue weighted by atomic mass is 35.5.